The third-order valence-electron chi connectivity index (χ3n) is 2.50. The number of hydrogen-bond acceptors (Lipinski definition) is 3. The first-order valence-electron chi connectivity index (χ1n) is 5.44. The minimum atomic E-state index is -1.13. The molecule has 0 aliphatic heterocycles. The summed E-state index contributed by atoms with van der Waals surface area (Å²) in [6.45, 7) is 5.32. The van der Waals surface area contributed by atoms with E-state index in [1.165, 1.54) is 0 Å². The fourth-order valence-corrected chi connectivity index (χ4v) is 1.31. The van der Waals surface area contributed by atoms with E-state index in [9.17, 15) is 9.59 Å². The molecule has 1 heterocycles. The normalized spacial score (nSPS) is 14.4. The molecule has 6 nitrogen and oxygen atoms in total. The van der Waals surface area contributed by atoms with Crippen molar-refractivity contribution in [3.63, 3.8) is 0 Å². The molecule has 0 aliphatic rings. The SMILES string of the molecule is CC(C)C(=O)N[C@@](C)(Cn1cccn1)C(N)=O. The van der Waals surface area contributed by atoms with Crippen LogP contribution in [0.5, 0.6) is 0 Å². The summed E-state index contributed by atoms with van der Waals surface area (Å²) in [6, 6.07) is 1.74. The van der Waals surface area contributed by atoms with Crippen molar-refractivity contribution in [3.05, 3.63) is 18.5 Å². The average Bonchev–Trinajstić information content (AvgIpc) is 2.69. The van der Waals surface area contributed by atoms with Crippen LogP contribution < -0.4 is 11.1 Å². The van der Waals surface area contributed by atoms with Crippen molar-refractivity contribution in [1.29, 1.82) is 0 Å². The zero-order valence-corrected chi connectivity index (χ0v) is 10.3. The number of carbonyl (C=O) groups excluding carboxylic acids is 2. The molecule has 0 unspecified atom stereocenters. The third kappa shape index (κ3) is 3.30. The largest absolute Gasteiger partial charge is 0.368 e. The maximum absolute atomic E-state index is 11.6. The van der Waals surface area contributed by atoms with Gasteiger partial charge in [0.2, 0.25) is 11.8 Å². The zero-order chi connectivity index (χ0) is 13.1. The predicted octanol–water partition coefficient (Wildman–Crippen LogP) is -0.101. The lowest BCUT2D eigenvalue weighted by atomic mass is 10.0. The highest BCUT2D eigenvalue weighted by Gasteiger charge is 2.34. The van der Waals surface area contributed by atoms with E-state index in [1.807, 2.05) is 0 Å². The van der Waals surface area contributed by atoms with Crippen LogP contribution in [-0.2, 0) is 16.1 Å². The van der Waals surface area contributed by atoms with E-state index >= 15 is 0 Å². The van der Waals surface area contributed by atoms with Gasteiger partial charge in [0, 0.05) is 18.3 Å². The van der Waals surface area contributed by atoms with Crippen molar-refractivity contribution >= 4 is 11.8 Å². The van der Waals surface area contributed by atoms with Gasteiger partial charge in [-0.05, 0) is 13.0 Å². The molecule has 1 rings (SSSR count). The number of primary amides is 1. The number of carbonyl (C=O) groups is 2. The van der Waals surface area contributed by atoms with Gasteiger partial charge < -0.3 is 11.1 Å². The Morgan fingerprint density at radius 1 is 1.53 bits per heavy atom. The molecule has 1 atom stereocenters. The van der Waals surface area contributed by atoms with Gasteiger partial charge in [0.15, 0.2) is 0 Å². The molecule has 0 saturated carbocycles. The van der Waals surface area contributed by atoms with Gasteiger partial charge in [-0.25, -0.2) is 0 Å². The molecule has 0 fully saturated rings. The van der Waals surface area contributed by atoms with E-state index in [-0.39, 0.29) is 18.4 Å². The minimum Gasteiger partial charge on any atom is -0.368 e. The Balaban J connectivity index is 2.82. The molecule has 2 amide bonds. The van der Waals surface area contributed by atoms with Crippen LogP contribution >= 0.6 is 0 Å². The molecular formula is C11H18N4O2. The van der Waals surface area contributed by atoms with Crippen LogP contribution in [0.4, 0.5) is 0 Å². The lowest BCUT2D eigenvalue weighted by Crippen LogP contribution is -2.58. The molecule has 17 heavy (non-hydrogen) atoms. The van der Waals surface area contributed by atoms with Gasteiger partial charge in [0.1, 0.15) is 5.54 Å². The molecule has 0 bridgehead atoms. The van der Waals surface area contributed by atoms with Crippen molar-refractivity contribution in [2.24, 2.45) is 11.7 Å². The van der Waals surface area contributed by atoms with Gasteiger partial charge in [-0.1, -0.05) is 13.8 Å². The van der Waals surface area contributed by atoms with Gasteiger partial charge in [0.25, 0.3) is 0 Å². The maximum atomic E-state index is 11.6. The lowest BCUT2D eigenvalue weighted by molar-refractivity contribution is -0.133. The molecule has 0 spiro atoms. The summed E-state index contributed by atoms with van der Waals surface area (Å²) in [4.78, 5) is 23.1. The van der Waals surface area contributed by atoms with Crippen LogP contribution in [0.3, 0.4) is 0 Å². The average molecular weight is 238 g/mol. The van der Waals surface area contributed by atoms with E-state index in [0.29, 0.717) is 0 Å². The first-order chi connectivity index (χ1) is 7.85. The maximum Gasteiger partial charge on any atom is 0.244 e. The molecule has 6 heteroatoms. The highest BCUT2D eigenvalue weighted by molar-refractivity contribution is 5.90. The zero-order valence-electron chi connectivity index (χ0n) is 10.3. The molecule has 0 radical (unpaired) electrons. The summed E-state index contributed by atoms with van der Waals surface area (Å²) in [5, 5.41) is 6.65. The van der Waals surface area contributed by atoms with Crippen molar-refractivity contribution in [2.75, 3.05) is 0 Å². The summed E-state index contributed by atoms with van der Waals surface area (Å²) in [6.07, 6.45) is 3.31. The fraction of sp³-hybridized carbons (Fsp3) is 0.545. The number of nitrogens with zero attached hydrogens (tertiary/aromatic N) is 2. The van der Waals surface area contributed by atoms with Gasteiger partial charge in [-0.3, -0.25) is 14.3 Å². The summed E-state index contributed by atoms with van der Waals surface area (Å²) >= 11 is 0. The van der Waals surface area contributed by atoms with Crippen LogP contribution in [0.2, 0.25) is 0 Å². The Labute approximate surface area is 100 Å². The Kier molecular flexibility index (Phi) is 3.88. The standard InChI is InChI=1S/C11H18N4O2/c1-8(2)9(16)14-11(3,10(12)17)7-15-6-4-5-13-15/h4-6,8H,7H2,1-3H3,(H2,12,17)(H,14,16)/t11-/m0/s1. The molecule has 94 valence electrons. The van der Waals surface area contributed by atoms with Crippen LogP contribution in [-0.4, -0.2) is 27.1 Å². The monoisotopic (exact) mass is 238 g/mol. The number of amides is 2. The highest BCUT2D eigenvalue weighted by Crippen LogP contribution is 2.08. The van der Waals surface area contributed by atoms with E-state index < -0.39 is 11.4 Å². The van der Waals surface area contributed by atoms with Gasteiger partial charge in [0.05, 0.1) is 6.54 Å². The summed E-state index contributed by atoms with van der Waals surface area (Å²) in [5.41, 5.74) is 4.21. The Morgan fingerprint density at radius 2 is 2.18 bits per heavy atom. The Morgan fingerprint density at radius 3 is 2.59 bits per heavy atom. The molecule has 0 saturated heterocycles. The number of nitrogens with one attached hydrogen (secondary N) is 1. The topological polar surface area (TPSA) is 90.0 Å². The molecule has 1 aromatic heterocycles. The third-order valence-corrected chi connectivity index (χ3v) is 2.50. The van der Waals surface area contributed by atoms with Crippen LogP contribution in [0.1, 0.15) is 20.8 Å². The van der Waals surface area contributed by atoms with Gasteiger partial charge >= 0.3 is 0 Å². The number of hydrogen-bond donors (Lipinski definition) is 2. The molecule has 3 N–H and O–H groups in total. The Bertz CT molecular complexity index is 400. The molecular weight excluding hydrogens is 220 g/mol. The smallest absolute Gasteiger partial charge is 0.244 e. The number of nitrogens with two attached hydrogens (primary N) is 1. The lowest BCUT2D eigenvalue weighted by Gasteiger charge is -2.28. The predicted molar refractivity (Wildman–Crippen MR) is 62.8 cm³/mol. The second-order valence-corrected chi connectivity index (χ2v) is 4.54. The number of aromatic nitrogens is 2. The van der Waals surface area contributed by atoms with E-state index in [2.05, 4.69) is 10.4 Å². The Hall–Kier alpha value is -1.85. The van der Waals surface area contributed by atoms with Crippen molar-refractivity contribution < 1.29 is 9.59 Å². The second kappa shape index (κ2) is 4.99. The first kappa shape index (κ1) is 13.2. The van der Waals surface area contributed by atoms with Crippen molar-refractivity contribution in [1.82, 2.24) is 15.1 Å². The van der Waals surface area contributed by atoms with E-state index in [1.54, 1.807) is 43.9 Å². The van der Waals surface area contributed by atoms with E-state index in [0.717, 1.165) is 0 Å². The van der Waals surface area contributed by atoms with Crippen LogP contribution in [0, 0.1) is 5.92 Å². The summed E-state index contributed by atoms with van der Waals surface area (Å²) in [5.74, 6) is -0.994. The minimum absolute atomic E-state index is 0.203. The molecule has 1 aromatic rings. The van der Waals surface area contributed by atoms with Crippen LogP contribution in [0.25, 0.3) is 0 Å². The fourth-order valence-electron chi connectivity index (χ4n) is 1.31. The second-order valence-electron chi connectivity index (χ2n) is 4.54. The first-order valence-corrected chi connectivity index (χ1v) is 5.44. The quantitative estimate of drug-likeness (QED) is 0.750. The molecule has 0 aromatic carbocycles. The van der Waals surface area contributed by atoms with E-state index in [4.69, 9.17) is 5.73 Å². The number of rotatable bonds is 5. The summed E-state index contributed by atoms with van der Waals surface area (Å²) < 4.78 is 1.56. The highest BCUT2D eigenvalue weighted by atomic mass is 16.2. The van der Waals surface area contributed by atoms with Gasteiger partial charge in [-0.2, -0.15) is 5.10 Å². The van der Waals surface area contributed by atoms with Crippen molar-refractivity contribution in [2.45, 2.75) is 32.9 Å². The van der Waals surface area contributed by atoms with Crippen molar-refractivity contribution in [3.8, 4) is 0 Å². The molecule has 0 aliphatic carbocycles. The van der Waals surface area contributed by atoms with Gasteiger partial charge in [-0.15, -0.1) is 0 Å². The van der Waals surface area contributed by atoms with Crippen LogP contribution in [0.15, 0.2) is 18.5 Å². The summed E-state index contributed by atoms with van der Waals surface area (Å²) in [7, 11) is 0.